The van der Waals surface area contributed by atoms with Crippen LogP contribution in [-0.2, 0) is 4.79 Å². The van der Waals surface area contributed by atoms with Crippen molar-refractivity contribution in [2.24, 2.45) is 0 Å². The molecule has 2 amide bonds. The molecule has 0 saturated carbocycles. The number of fused-ring (bicyclic) bond motifs is 1. The third-order valence-electron chi connectivity index (χ3n) is 3.62. The minimum atomic E-state index is -0.338. The van der Waals surface area contributed by atoms with Gasteiger partial charge < -0.3 is 10.6 Å². The van der Waals surface area contributed by atoms with Gasteiger partial charge in [0.2, 0.25) is 5.91 Å². The van der Waals surface area contributed by atoms with Gasteiger partial charge in [-0.2, -0.15) is 8.75 Å². The van der Waals surface area contributed by atoms with E-state index in [0.717, 1.165) is 23.7 Å². The summed E-state index contributed by atoms with van der Waals surface area (Å²) in [5.74, 6) is -0.382. The SMILES string of the molecule is CCCC(=O)Nc1cccc(NC(=S)NC(=O)c2ccc3nsnc3c2)c1. The number of anilines is 2. The van der Waals surface area contributed by atoms with Crippen molar-refractivity contribution in [3.63, 3.8) is 0 Å². The summed E-state index contributed by atoms with van der Waals surface area (Å²) in [6.45, 7) is 1.95. The van der Waals surface area contributed by atoms with Crippen LogP contribution in [0.3, 0.4) is 0 Å². The van der Waals surface area contributed by atoms with E-state index in [4.69, 9.17) is 12.2 Å². The van der Waals surface area contributed by atoms with E-state index in [9.17, 15) is 9.59 Å². The Kier molecular flexibility index (Phi) is 6.05. The average Bonchev–Trinajstić information content (AvgIpc) is 3.09. The summed E-state index contributed by atoms with van der Waals surface area (Å²) < 4.78 is 8.23. The fraction of sp³-hybridized carbons (Fsp3) is 0.167. The van der Waals surface area contributed by atoms with Crippen molar-refractivity contribution in [1.29, 1.82) is 0 Å². The van der Waals surface area contributed by atoms with E-state index in [1.54, 1.807) is 42.5 Å². The van der Waals surface area contributed by atoms with Crippen LogP contribution < -0.4 is 16.0 Å². The van der Waals surface area contributed by atoms with Crippen LogP contribution in [0.2, 0.25) is 0 Å². The maximum atomic E-state index is 12.4. The predicted molar refractivity (Wildman–Crippen MR) is 111 cm³/mol. The largest absolute Gasteiger partial charge is 0.332 e. The Hall–Kier alpha value is -2.91. The van der Waals surface area contributed by atoms with Crippen LogP contribution in [0.1, 0.15) is 30.1 Å². The van der Waals surface area contributed by atoms with E-state index < -0.39 is 0 Å². The summed E-state index contributed by atoms with van der Waals surface area (Å²) in [7, 11) is 0. The first-order chi connectivity index (χ1) is 13.0. The summed E-state index contributed by atoms with van der Waals surface area (Å²) in [5, 5.41) is 8.55. The highest BCUT2D eigenvalue weighted by molar-refractivity contribution is 7.80. The molecule has 0 saturated heterocycles. The second-order valence-corrected chi connectivity index (χ2v) is 6.69. The van der Waals surface area contributed by atoms with Gasteiger partial charge in [0.05, 0.1) is 11.7 Å². The minimum Gasteiger partial charge on any atom is -0.332 e. The number of thiocarbonyl (C=S) groups is 1. The first-order valence-electron chi connectivity index (χ1n) is 8.29. The second-order valence-electron chi connectivity index (χ2n) is 5.75. The van der Waals surface area contributed by atoms with Gasteiger partial charge in [-0.1, -0.05) is 13.0 Å². The summed E-state index contributed by atoms with van der Waals surface area (Å²) in [6.07, 6.45) is 1.24. The Morgan fingerprint density at radius 1 is 1.04 bits per heavy atom. The Morgan fingerprint density at radius 3 is 2.56 bits per heavy atom. The Labute approximate surface area is 165 Å². The van der Waals surface area contributed by atoms with Crippen LogP contribution in [-0.4, -0.2) is 25.7 Å². The van der Waals surface area contributed by atoms with E-state index in [1.165, 1.54) is 0 Å². The zero-order valence-electron chi connectivity index (χ0n) is 14.5. The van der Waals surface area contributed by atoms with Gasteiger partial charge in [0, 0.05) is 23.4 Å². The van der Waals surface area contributed by atoms with Crippen molar-refractivity contribution in [3.8, 4) is 0 Å². The Bertz CT molecular complexity index is 1000. The Balaban J connectivity index is 1.61. The molecular formula is C18H17N5O2S2. The van der Waals surface area contributed by atoms with Gasteiger partial charge in [0.15, 0.2) is 5.11 Å². The lowest BCUT2D eigenvalue weighted by atomic mass is 10.2. The number of nitrogens with one attached hydrogen (secondary N) is 3. The molecule has 1 heterocycles. The Morgan fingerprint density at radius 2 is 1.78 bits per heavy atom. The number of amides is 2. The molecular weight excluding hydrogens is 382 g/mol. The van der Waals surface area contributed by atoms with Crippen LogP contribution in [0.5, 0.6) is 0 Å². The number of carbonyl (C=O) groups excluding carboxylic acids is 2. The molecule has 0 atom stereocenters. The molecule has 9 heteroatoms. The fourth-order valence-electron chi connectivity index (χ4n) is 2.39. The molecule has 7 nitrogen and oxygen atoms in total. The monoisotopic (exact) mass is 399 g/mol. The lowest BCUT2D eigenvalue weighted by molar-refractivity contribution is -0.116. The van der Waals surface area contributed by atoms with Crippen LogP contribution in [0.25, 0.3) is 11.0 Å². The zero-order chi connectivity index (χ0) is 19.2. The molecule has 0 fully saturated rings. The third kappa shape index (κ3) is 5.05. The van der Waals surface area contributed by atoms with Gasteiger partial charge >= 0.3 is 0 Å². The van der Waals surface area contributed by atoms with Crippen molar-refractivity contribution >= 4 is 63.3 Å². The lowest BCUT2D eigenvalue weighted by Gasteiger charge is -2.11. The maximum absolute atomic E-state index is 12.4. The van der Waals surface area contributed by atoms with Gasteiger partial charge in [0.25, 0.3) is 5.91 Å². The first kappa shape index (κ1) is 18.9. The molecule has 3 N–H and O–H groups in total. The molecule has 3 rings (SSSR count). The summed E-state index contributed by atoms with van der Waals surface area (Å²) in [6, 6.07) is 12.2. The molecule has 0 spiro atoms. The number of hydrogen-bond acceptors (Lipinski definition) is 6. The number of aromatic nitrogens is 2. The van der Waals surface area contributed by atoms with E-state index in [0.29, 0.717) is 28.9 Å². The summed E-state index contributed by atoms with van der Waals surface area (Å²) in [5.41, 5.74) is 3.18. The molecule has 1 aromatic heterocycles. The molecule has 0 aliphatic heterocycles. The molecule has 138 valence electrons. The van der Waals surface area contributed by atoms with Crippen molar-refractivity contribution in [2.75, 3.05) is 10.6 Å². The quantitative estimate of drug-likeness (QED) is 0.568. The minimum absolute atomic E-state index is 0.0440. The van der Waals surface area contributed by atoms with Gasteiger partial charge in [-0.05, 0) is 55.0 Å². The second kappa shape index (κ2) is 8.65. The smallest absolute Gasteiger partial charge is 0.257 e. The third-order valence-corrected chi connectivity index (χ3v) is 4.39. The average molecular weight is 400 g/mol. The number of nitrogens with zero attached hydrogens (tertiary/aromatic N) is 2. The fourth-order valence-corrected chi connectivity index (χ4v) is 3.11. The molecule has 0 aliphatic rings. The van der Waals surface area contributed by atoms with Crippen molar-refractivity contribution in [3.05, 3.63) is 48.0 Å². The van der Waals surface area contributed by atoms with Crippen LogP contribution in [0.15, 0.2) is 42.5 Å². The molecule has 0 bridgehead atoms. The summed E-state index contributed by atoms with van der Waals surface area (Å²) >= 11 is 6.31. The van der Waals surface area contributed by atoms with Crippen molar-refractivity contribution in [1.82, 2.24) is 14.1 Å². The molecule has 2 aromatic carbocycles. The predicted octanol–water partition coefficient (Wildman–Crippen LogP) is 3.56. The highest BCUT2D eigenvalue weighted by Crippen LogP contribution is 2.16. The molecule has 3 aromatic rings. The lowest BCUT2D eigenvalue weighted by Crippen LogP contribution is -2.34. The molecule has 27 heavy (non-hydrogen) atoms. The number of benzene rings is 2. The van der Waals surface area contributed by atoms with Gasteiger partial charge in [0.1, 0.15) is 11.0 Å². The number of rotatable bonds is 5. The first-order valence-corrected chi connectivity index (χ1v) is 9.43. The highest BCUT2D eigenvalue weighted by atomic mass is 32.1. The molecule has 0 aliphatic carbocycles. The van der Waals surface area contributed by atoms with Gasteiger partial charge in [-0.15, -0.1) is 0 Å². The van der Waals surface area contributed by atoms with Gasteiger partial charge in [-0.3, -0.25) is 14.9 Å². The van der Waals surface area contributed by atoms with E-state index in [-0.39, 0.29) is 16.9 Å². The van der Waals surface area contributed by atoms with E-state index in [1.807, 2.05) is 6.92 Å². The normalized spacial score (nSPS) is 10.4. The van der Waals surface area contributed by atoms with Crippen molar-refractivity contribution < 1.29 is 9.59 Å². The standard InChI is InChI=1S/C18H17N5O2S2/c1-2-4-16(24)19-12-5-3-6-13(10-12)20-18(26)21-17(25)11-7-8-14-15(9-11)23-27-22-14/h3,5-10H,2,4H2,1H3,(H,19,24)(H2,20,21,25,26). The summed E-state index contributed by atoms with van der Waals surface area (Å²) in [4.78, 5) is 24.1. The van der Waals surface area contributed by atoms with E-state index in [2.05, 4.69) is 24.7 Å². The zero-order valence-corrected chi connectivity index (χ0v) is 16.1. The molecule has 0 unspecified atom stereocenters. The van der Waals surface area contributed by atoms with Crippen LogP contribution in [0.4, 0.5) is 11.4 Å². The van der Waals surface area contributed by atoms with Crippen molar-refractivity contribution in [2.45, 2.75) is 19.8 Å². The number of carbonyl (C=O) groups is 2. The highest BCUT2D eigenvalue weighted by Gasteiger charge is 2.10. The van der Waals surface area contributed by atoms with Crippen LogP contribution in [0, 0.1) is 0 Å². The number of hydrogen-bond donors (Lipinski definition) is 3. The van der Waals surface area contributed by atoms with Crippen LogP contribution >= 0.6 is 23.9 Å². The topological polar surface area (TPSA) is 96.0 Å². The maximum Gasteiger partial charge on any atom is 0.257 e. The van der Waals surface area contributed by atoms with Gasteiger partial charge in [-0.25, -0.2) is 0 Å². The molecule has 0 radical (unpaired) electrons. The van der Waals surface area contributed by atoms with E-state index >= 15 is 0 Å².